The molecule has 0 N–H and O–H groups in total. The van der Waals surface area contributed by atoms with Crippen molar-refractivity contribution in [3.63, 3.8) is 0 Å². The van der Waals surface area contributed by atoms with Gasteiger partial charge in [0, 0.05) is 63.4 Å². The summed E-state index contributed by atoms with van der Waals surface area (Å²) in [6.07, 6.45) is 2.10. The normalized spacial score (nSPS) is 27.5. The predicted molar refractivity (Wildman–Crippen MR) is 121 cm³/mol. The number of esters is 1. The van der Waals surface area contributed by atoms with Crippen molar-refractivity contribution in [1.82, 2.24) is 19.6 Å². The van der Waals surface area contributed by atoms with Crippen molar-refractivity contribution in [3.05, 3.63) is 0 Å². The maximum atomic E-state index is 13.7. The summed E-state index contributed by atoms with van der Waals surface area (Å²) < 4.78 is 18.8. The van der Waals surface area contributed by atoms with E-state index >= 15 is 0 Å². The molecule has 4 unspecified atom stereocenters. The Morgan fingerprint density at radius 3 is 2.03 bits per heavy atom. The van der Waals surface area contributed by atoms with E-state index in [0.29, 0.717) is 24.2 Å². The summed E-state index contributed by atoms with van der Waals surface area (Å²) in [5, 5.41) is 0. The molecule has 0 aromatic rings. The zero-order chi connectivity index (χ0) is 22.4. The number of carbonyl (C=O) groups is 1. The fourth-order valence-electron chi connectivity index (χ4n) is 5.09. The van der Waals surface area contributed by atoms with E-state index in [1.54, 1.807) is 0 Å². The van der Waals surface area contributed by atoms with E-state index < -0.39 is 0 Å². The van der Waals surface area contributed by atoms with Gasteiger partial charge < -0.3 is 4.74 Å². The monoisotopic (exact) mass is 428 g/mol. The Kier molecular flexibility index (Phi) is 9.98. The first-order valence-corrected chi connectivity index (χ1v) is 11.8. The highest BCUT2D eigenvalue weighted by atomic mass is 19.1. The molecule has 0 saturated carbocycles. The van der Waals surface area contributed by atoms with E-state index in [0.717, 1.165) is 52.1 Å². The van der Waals surface area contributed by atoms with Gasteiger partial charge in [0.05, 0.1) is 13.2 Å². The number of hydrogen-bond acceptors (Lipinski definition) is 6. The van der Waals surface area contributed by atoms with Crippen LogP contribution < -0.4 is 0 Å². The molecule has 2 aliphatic rings. The number of hydrogen-bond donors (Lipinski definition) is 0. The molecular weight excluding hydrogens is 383 g/mol. The minimum absolute atomic E-state index is 0.00440. The third kappa shape index (κ3) is 6.38. The van der Waals surface area contributed by atoms with Gasteiger partial charge in [0.2, 0.25) is 0 Å². The Balaban J connectivity index is 1.88. The van der Waals surface area contributed by atoms with Crippen LogP contribution in [0.15, 0.2) is 0 Å². The quantitative estimate of drug-likeness (QED) is 0.526. The van der Waals surface area contributed by atoms with Crippen molar-refractivity contribution >= 4 is 5.97 Å². The number of piperazine rings is 2. The van der Waals surface area contributed by atoms with E-state index in [1.807, 2.05) is 0 Å². The Bertz CT molecular complexity index is 533. The van der Waals surface area contributed by atoms with Gasteiger partial charge in [-0.15, -0.1) is 0 Å². The number of ether oxygens (including phenoxy) is 1. The van der Waals surface area contributed by atoms with Gasteiger partial charge in [-0.2, -0.15) is 0 Å². The standard InChI is InChI=1S/C23H45FN4O2/c1-17(2)25-10-13-28(21(14-24)15-25)20(6)9-8-19(5)26-11-12-27(18(3)4)22(16-26)23(29)30-7/h17-22H,8-16H2,1-7H3. The van der Waals surface area contributed by atoms with Crippen LogP contribution in [0.25, 0.3) is 0 Å². The molecule has 2 saturated heterocycles. The minimum Gasteiger partial charge on any atom is -0.468 e. The second-order valence-corrected chi connectivity index (χ2v) is 9.78. The van der Waals surface area contributed by atoms with Crippen LogP contribution in [0.1, 0.15) is 54.4 Å². The summed E-state index contributed by atoms with van der Waals surface area (Å²) in [7, 11) is 1.48. The fourth-order valence-corrected chi connectivity index (χ4v) is 5.09. The molecule has 0 spiro atoms. The molecule has 2 rings (SSSR count). The lowest BCUT2D eigenvalue weighted by Gasteiger charge is -2.46. The first-order chi connectivity index (χ1) is 14.2. The zero-order valence-corrected chi connectivity index (χ0v) is 20.3. The summed E-state index contributed by atoms with van der Waals surface area (Å²) in [5.74, 6) is -0.136. The third-order valence-electron chi connectivity index (χ3n) is 7.25. The van der Waals surface area contributed by atoms with Gasteiger partial charge in [-0.25, -0.2) is 4.39 Å². The number of alkyl halides is 1. The van der Waals surface area contributed by atoms with Crippen LogP contribution >= 0.6 is 0 Å². The minimum atomic E-state index is -0.277. The predicted octanol–water partition coefficient (Wildman–Crippen LogP) is 2.48. The van der Waals surface area contributed by atoms with Crippen molar-refractivity contribution in [2.24, 2.45) is 0 Å². The number of methoxy groups -OCH3 is 1. The molecular formula is C23H45FN4O2. The van der Waals surface area contributed by atoms with Gasteiger partial charge in [-0.1, -0.05) is 0 Å². The highest BCUT2D eigenvalue weighted by molar-refractivity contribution is 5.76. The van der Waals surface area contributed by atoms with E-state index in [9.17, 15) is 9.18 Å². The lowest BCUT2D eigenvalue weighted by atomic mass is 10.0. The first-order valence-electron chi connectivity index (χ1n) is 11.8. The zero-order valence-electron chi connectivity index (χ0n) is 20.3. The average molecular weight is 429 g/mol. The van der Waals surface area contributed by atoms with Crippen LogP contribution in [-0.4, -0.2) is 115 Å². The lowest BCUT2D eigenvalue weighted by molar-refractivity contribution is -0.151. The van der Waals surface area contributed by atoms with Crippen molar-refractivity contribution in [2.75, 3.05) is 53.1 Å². The molecule has 0 bridgehead atoms. The number of nitrogens with zero attached hydrogens (tertiary/aromatic N) is 4. The Morgan fingerprint density at radius 2 is 1.47 bits per heavy atom. The molecule has 176 valence electrons. The Labute approximate surface area is 183 Å². The van der Waals surface area contributed by atoms with Gasteiger partial charge in [0.15, 0.2) is 0 Å². The second-order valence-electron chi connectivity index (χ2n) is 9.78. The summed E-state index contributed by atoms with van der Waals surface area (Å²) in [6.45, 7) is 18.3. The van der Waals surface area contributed by atoms with Crippen LogP contribution in [0.5, 0.6) is 0 Å². The van der Waals surface area contributed by atoms with Crippen LogP contribution in [0, 0.1) is 0 Å². The highest BCUT2D eigenvalue weighted by Crippen LogP contribution is 2.22. The topological polar surface area (TPSA) is 39.3 Å². The number of carbonyl (C=O) groups excluding carboxylic acids is 1. The molecule has 2 aliphatic heterocycles. The number of rotatable bonds is 9. The molecule has 0 aliphatic carbocycles. The van der Waals surface area contributed by atoms with E-state index in [-0.39, 0.29) is 24.7 Å². The molecule has 0 aromatic carbocycles. The smallest absolute Gasteiger partial charge is 0.324 e. The van der Waals surface area contributed by atoms with Crippen LogP contribution in [0.2, 0.25) is 0 Å². The maximum Gasteiger partial charge on any atom is 0.324 e. The summed E-state index contributed by atoms with van der Waals surface area (Å²) in [4.78, 5) is 21.8. The van der Waals surface area contributed by atoms with Crippen molar-refractivity contribution in [1.29, 1.82) is 0 Å². The summed E-state index contributed by atoms with van der Waals surface area (Å²) in [6, 6.07) is 1.39. The van der Waals surface area contributed by atoms with Gasteiger partial charge in [0.1, 0.15) is 12.7 Å². The molecule has 2 fully saturated rings. The molecule has 2 heterocycles. The van der Waals surface area contributed by atoms with Gasteiger partial charge in [0.25, 0.3) is 0 Å². The van der Waals surface area contributed by atoms with Gasteiger partial charge in [-0.3, -0.25) is 24.4 Å². The second kappa shape index (κ2) is 11.7. The number of halogens is 1. The SMILES string of the molecule is COC(=O)C1CN(C(C)CCC(C)N2CCN(C(C)C)CC2CF)CCN1C(C)C. The summed E-state index contributed by atoms with van der Waals surface area (Å²) >= 11 is 0. The molecule has 4 atom stereocenters. The van der Waals surface area contributed by atoms with Gasteiger partial charge >= 0.3 is 5.97 Å². The molecule has 0 radical (unpaired) electrons. The van der Waals surface area contributed by atoms with E-state index in [2.05, 4.69) is 61.1 Å². The Hall–Kier alpha value is -0.760. The molecule has 0 amide bonds. The lowest BCUT2D eigenvalue weighted by Crippen LogP contribution is -2.60. The molecule has 6 nitrogen and oxygen atoms in total. The van der Waals surface area contributed by atoms with Crippen molar-refractivity contribution in [3.8, 4) is 0 Å². The van der Waals surface area contributed by atoms with Crippen LogP contribution in [0.3, 0.4) is 0 Å². The highest BCUT2D eigenvalue weighted by Gasteiger charge is 2.36. The van der Waals surface area contributed by atoms with E-state index in [1.165, 1.54) is 7.11 Å². The van der Waals surface area contributed by atoms with Crippen molar-refractivity contribution < 1.29 is 13.9 Å². The van der Waals surface area contributed by atoms with Crippen molar-refractivity contribution in [2.45, 2.75) is 90.6 Å². The molecule has 30 heavy (non-hydrogen) atoms. The Morgan fingerprint density at radius 1 is 0.867 bits per heavy atom. The first kappa shape index (κ1) is 25.5. The maximum absolute atomic E-state index is 13.7. The van der Waals surface area contributed by atoms with Gasteiger partial charge in [-0.05, 0) is 54.4 Å². The van der Waals surface area contributed by atoms with Crippen LogP contribution in [0.4, 0.5) is 4.39 Å². The van der Waals surface area contributed by atoms with E-state index in [4.69, 9.17) is 4.74 Å². The molecule has 7 heteroatoms. The largest absolute Gasteiger partial charge is 0.468 e. The summed E-state index contributed by atoms with van der Waals surface area (Å²) in [5.41, 5.74) is 0. The average Bonchev–Trinajstić information content (AvgIpc) is 2.75. The molecule has 0 aromatic heterocycles. The fraction of sp³-hybridized carbons (Fsp3) is 0.957. The van der Waals surface area contributed by atoms with Crippen LogP contribution in [-0.2, 0) is 9.53 Å². The third-order valence-corrected chi connectivity index (χ3v) is 7.25.